The molecule has 0 bridgehead atoms. The predicted octanol–water partition coefficient (Wildman–Crippen LogP) is 3.55. The van der Waals surface area contributed by atoms with Crippen molar-refractivity contribution in [2.75, 3.05) is 32.9 Å². The topological polar surface area (TPSA) is 114 Å². The van der Waals surface area contributed by atoms with Crippen LogP contribution >= 0.6 is 0 Å². The Morgan fingerprint density at radius 2 is 1.60 bits per heavy atom. The normalized spacial score (nSPS) is 18.5. The van der Waals surface area contributed by atoms with E-state index < -0.39 is 12.1 Å². The maximum absolute atomic E-state index is 12.2. The lowest BCUT2D eigenvalue weighted by Crippen LogP contribution is -2.33. The predicted molar refractivity (Wildman–Crippen MR) is 130 cm³/mol. The first-order valence-corrected chi connectivity index (χ1v) is 12.2. The van der Waals surface area contributed by atoms with E-state index in [0.717, 1.165) is 24.0 Å². The number of alkyl carbamates (subject to hydrolysis) is 1. The number of aliphatic carboxylic acids is 1. The Labute approximate surface area is 205 Å². The maximum atomic E-state index is 12.2. The van der Waals surface area contributed by atoms with Gasteiger partial charge >= 0.3 is 12.1 Å². The van der Waals surface area contributed by atoms with E-state index in [0.29, 0.717) is 13.0 Å². The summed E-state index contributed by atoms with van der Waals surface area (Å²) in [6, 6.07) is 16.3. The Kier molecular flexibility index (Phi) is 8.36. The fraction of sp³-hybridized carbons (Fsp3) is 0.444. The molecule has 0 saturated heterocycles. The van der Waals surface area contributed by atoms with Gasteiger partial charge in [0.15, 0.2) is 0 Å². The lowest BCUT2D eigenvalue weighted by atomic mass is 9.96. The van der Waals surface area contributed by atoms with Gasteiger partial charge in [0, 0.05) is 25.4 Å². The molecule has 3 N–H and O–H groups in total. The first-order chi connectivity index (χ1) is 17.0. The molecule has 0 aliphatic heterocycles. The summed E-state index contributed by atoms with van der Waals surface area (Å²) >= 11 is 0. The molecule has 35 heavy (non-hydrogen) atoms. The largest absolute Gasteiger partial charge is 0.481 e. The second-order valence-corrected chi connectivity index (χ2v) is 9.05. The van der Waals surface area contributed by atoms with E-state index in [2.05, 4.69) is 34.9 Å². The summed E-state index contributed by atoms with van der Waals surface area (Å²) in [7, 11) is 0. The molecule has 8 heteroatoms. The molecule has 0 spiro atoms. The highest BCUT2D eigenvalue weighted by Gasteiger charge is 2.33. The Bertz CT molecular complexity index is 1010. The van der Waals surface area contributed by atoms with Crippen LogP contribution in [0, 0.1) is 11.8 Å². The van der Waals surface area contributed by atoms with Gasteiger partial charge in [0.25, 0.3) is 0 Å². The summed E-state index contributed by atoms with van der Waals surface area (Å²) in [6.07, 6.45) is 2.08. The minimum atomic E-state index is -0.783. The van der Waals surface area contributed by atoms with Crippen LogP contribution in [0.15, 0.2) is 48.5 Å². The van der Waals surface area contributed by atoms with Crippen molar-refractivity contribution in [1.82, 2.24) is 10.6 Å². The van der Waals surface area contributed by atoms with Crippen LogP contribution < -0.4 is 10.6 Å². The number of carboxylic acids is 1. The van der Waals surface area contributed by atoms with E-state index in [1.54, 1.807) is 0 Å². The molecule has 0 radical (unpaired) electrons. The summed E-state index contributed by atoms with van der Waals surface area (Å²) in [6.45, 7) is 1.41. The Hall–Kier alpha value is -3.39. The molecule has 1 fully saturated rings. The van der Waals surface area contributed by atoms with Crippen LogP contribution in [-0.2, 0) is 19.1 Å². The van der Waals surface area contributed by atoms with Crippen LogP contribution in [-0.4, -0.2) is 56.0 Å². The first kappa shape index (κ1) is 24.7. The van der Waals surface area contributed by atoms with E-state index in [9.17, 15) is 19.5 Å². The van der Waals surface area contributed by atoms with Crippen LogP contribution in [0.1, 0.15) is 42.7 Å². The van der Waals surface area contributed by atoms with E-state index in [4.69, 9.17) is 9.47 Å². The Morgan fingerprint density at radius 1 is 0.914 bits per heavy atom. The van der Waals surface area contributed by atoms with Crippen LogP contribution in [0.4, 0.5) is 4.79 Å². The number of ether oxygens (including phenoxy) is 2. The Morgan fingerprint density at radius 3 is 2.29 bits per heavy atom. The van der Waals surface area contributed by atoms with Gasteiger partial charge in [-0.05, 0) is 41.0 Å². The summed E-state index contributed by atoms with van der Waals surface area (Å²) in [5, 5.41) is 14.7. The molecule has 186 valence electrons. The number of fused-ring (bicyclic) bond motifs is 3. The SMILES string of the molecule is O=C(CCOCCNC(=O)OCC1c2ccccc2-c2ccccc21)NC[C@@H]1CCC[C@@H]1C(=O)O. The highest BCUT2D eigenvalue weighted by molar-refractivity contribution is 5.79. The summed E-state index contributed by atoms with van der Waals surface area (Å²) in [5.74, 6) is -1.30. The highest BCUT2D eigenvalue weighted by atomic mass is 16.5. The van der Waals surface area contributed by atoms with Gasteiger partial charge in [-0.25, -0.2) is 4.79 Å². The van der Waals surface area contributed by atoms with Gasteiger partial charge in [-0.2, -0.15) is 0 Å². The first-order valence-electron chi connectivity index (χ1n) is 12.2. The Balaban J connectivity index is 1.09. The minimum absolute atomic E-state index is 0.00114. The van der Waals surface area contributed by atoms with E-state index >= 15 is 0 Å². The molecule has 8 nitrogen and oxygen atoms in total. The van der Waals surface area contributed by atoms with Gasteiger partial charge in [0.05, 0.1) is 19.1 Å². The number of hydrogen-bond acceptors (Lipinski definition) is 5. The third kappa shape index (κ3) is 6.19. The fourth-order valence-electron chi connectivity index (χ4n) is 5.08. The zero-order valence-electron chi connectivity index (χ0n) is 19.7. The number of carbonyl (C=O) groups excluding carboxylic acids is 2. The van der Waals surface area contributed by atoms with Gasteiger partial charge in [-0.15, -0.1) is 0 Å². The summed E-state index contributed by atoms with van der Waals surface area (Å²) < 4.78 is 10.9. The number of benzene rings is 2. The lowest BCUT2D eigenvalue weighted by molar-refractivity contribution is -0.143. The molecule has 4 rings (SSSR count). The van der Waals surface area contributed by atoms with Gasteiger partial charge in [0.2, 0.25) is 5.91 Å². The number of amides is 2. The second kappa shape index (κ2) is 11.8. The zero-order chi connectivity index (χ0) is 24.6. The van der Waals surface area contributed by atoms with Crippen LogP contribution in [0.5, 0.6) is 0 Å². The van der Waals surface area contributed by atoms with Crippen LogP contribution in [0.3, 0.4) is 0 Å². The molecule has 2 aromatic rings. The summed E-state index contributed by atoms with van der Waals surface area (Å²) in [4.78, 5) is 35.3. The number of nitrogens with one attached hydrogen (secondary N) is 2. The van der Waals surface area contributed by atoms with Crippen molar-refractivity contribution in [3.63, 3.8) is 0 Å². The van der Waals surface area contributed by atoms with Crippen molar-refractivity contribution in [3.05, 3.63) is 59.7 Å². The zero-order valence-corrected chi connectivity index (χ0v) is 19.7. The molecule has 2 aliphatic rings. The van der Waals surface area contributed by atoms with Crippen LogP contribution in [0.2, 0.25) is 0 Å². The molecule has 1 saturated carbocycles. The molecule has 2 aromatic carbocycles. The number of hydrogen-bond donors (Lipinski definition) is 3. The standard InChI is InChI=1S/C27H32N2O6/c30-25(29-16-18-6-5-11-19(18)26(31)32)12-14-34-15-13-28-27(33)35-17-24-22-9-3-1-7-20(22)21-8-2-4-10-23(21)24/h1-4,7-10,18-19,24H,5-6,11-17H2,(H,28,33)(H,29,30)(H,31,32)/t18-,19-/m0/s1. The molecule has 0 unspecified atom stereocenters. The molecule has 2 amide bonds. The van der Waals surface area contributed by atoms with E-state index in [-0.39, 0.29) is 56.4 Å². The van der Waals surface area contributed by atoms with Gasteiger partial charge in [0.1, 0.15) is 6.61 Å². The van der Waals surface area contributed by atoms with Gasteiger partial charge in [-0.1, -0.05) is 55.0 Å². The average Bonchev–Trinajstić information content (AvgIpc) is 3.46. The molecule has 2 aliphatic carbocycles. The number of carbonyl (C=O) groups is 3. The monoisotopic (exact) mass is 480 g/mol. The van der Waals surface area contributed by atoms with Crippen molar-refractivity contribution < 1.29 is 29.0 Å². The molecule has 2 atom stereocenters. The van der Waals surface area contributed by atoms with Crippen molar-refractivity contribution in [2.24, 2.45) is 11.8 Å². The highest BCUT2D eigenvalue weighted by Crippen LogP contribution is 2.44. The van der Waals surface area contributed by atoms with Crippen molar-refractivity contribution in [2.45, 2.75) is 31.6 Å². The quantitative estimate of drug-likeness (QED) is 0.424. The molecular weight excluding hydrogens is 448 g/mol. The van der Waals surface area contributed by atoms with E-state index in [1.165, 1.54) is 11.1 Å². The van der Waals surface area contributed by atoms with Gasteiger partial charge in [-0.3, -0.25) is 9.59 Å². The number of carboxylic acid groups (broad SMARTS) is 1. The van der Waals surface area contributed by atoms with Crippen molar-refractivity contribution in [1.29, 1.82) is 0 Å². The average molecular weight is 481 g/mol. The summed E-state index contributed by atoms with van der Waals surface area (Å²) in [5.41, 5.74) is 4.68. The molecule has 0 heterocycles. The molecular formula is C27H32N2O6. The number of rotatable bonds is 11. The third-order valence-corrected chi connectivity index (χ3v) is 6.87. The third-order valence-electron chi connectivity index (χ3n) is 6.87. The van der Waals surface area contributed by atoms with E-state index in [1.807, 2.05) is 24.3 Å². The molecule has 0 aromatic heterocycles. The fourth-order valence-corrected chi connectivity index (χ4v) is 5.08. The van der Waals surface area contributed by atoms with Crippen LogP contribution in [0.25, 0.3) is 11.1 Å². The minimum Gasteiger partial charge on any atom is -0.481 e. The smallest absolute Gasteiger partial charge is 0.407 e. The lowest BCUT2D eigenvalue weighted by Gasteiger charge is -2.16. The van der Waals surface area contributed by atoms with Gasteiger partial charge < -0.3 is 25.2 Å². The second-order valence-electron chi connectivity index (χ2n) is 9.05. The van der Waals surface area contributed by atoms with Crippen molar-refractivity contribution in [3.8, 4) is 11.1 Å². The van der Waals surface area contributed by atoms with Crippen molar-refractivity contribution >= 4 is 18.0 Å². The maximum Gasteiger partial charge on any atom is 0.407 e.